The molecule has 0 aliphatic rings. The van der Waals surface area contributed by atoms with Crippen molar-refractivity contribution < 1.29 is 18.7 Å². The maximum atomic E-state index is 13.6. The molecule has 1 unspecified atom stereocenters. The average molecular weight is 400 g/mol. The van der Waals surface area contributed by atoms with Crippen LogP contribution >= 0.6 is 7.60 Å². The molecule has 0 aliphatic heterocycles. The molecule has 0 saturated carbocycles. The Labute approximate surface area is 165 Å². The first-order chi connectivity index (χ1) is 12.2. The van der Waals surface area contributed by atoms with Crippen molar-refractivity contribution >= 4 is 7.60 Å². The van der Waals surface area contributed by atoms with Crippen molar-refractivity contribution in [3.8, 4) is 5.75 Å². The number of rotatable bonds is 7. The van der Waals surface area contributed by atoms with Crippen LogP contribution in [0.15, 0.2) is 12.1 Å². The van der Waals surface area contributed by atoms with E-state index in [1.165, 1.54) is 0 Å². The molecule has 1 rings (SSSR count). The molecule has 1 atom stereocenters. The number of hydrogen-bond donors (Lipinski definition) is 1. The van der Waals surface area contributed by atoms with Gasteiger partial charge in [0.1, 0.15) is 11.5 Å². The van der Waals surface area contributed by atoms with Crippen LogP contribution in [0.4, 0.5) is 0 Å². The molecule has 1 aromatic rings. The van der Waals surface area contributed by atoms with Gasteiger partial charge in [-0.3, -0.25) is 9.46 Å². The summed E-state index contributed by atoms with van der Waals surface area (Å²) in [6, 6.07) is 3.89. The predicted octanol–water partition coefficient (Wildman–Crippen LogP) is 5.81. The van der Waals surface area contributed by atoms with Crippen LogP contribution in [0.3, 0.4) is 0 Å². The summed E-state index contributed by atoms with van der Waals surface area (Å²) in [6.45, 7) is 16.6. The number of phenols is 1. The topological polar surface area (TPSA) is 59.0 Å². The highest BCUT2D eigenvalue weighted by atomic mass is 31.2. The van der Waals surface area contributed by atoms with E-state index in [9.17, 15) is 9.67 Å². The third-order valence-electron chi connectivity index (χ3n) is 4.45. The van der Waals surface area contributed by atoms with Crippen LogP contribution in [0.5, 0.6) is 5.75 Å². The quantitative estimate of drug-likeness (QED) is 0.586. The maximum Gasteiger partial charge on any atom is 0.352 e. The Kier molecular flexibility index (Phi) is 7.74. The lowest BCUT2D eigenvalue weighted by molar-refractivity contribution is 0.187. The van der Waals surface area contributed by atoms with Gasteiger partial charge in [-0.25, -0.2) is 0 Å². The van der Waals surface area contributed by atoms with Crippen LogP contribution in [-0.4, -0.2) is 37.3 Å². The van der Waals surface area contributed by atoms with Crippen molar-refractivity contribution in [2.24, 2.45) is 0 Å². The largest absolute Gasteiger partial charge is 0.507 e. The fourth-order valence-corrected chi connectivity index (χ4v) is 5.41. The zero-order valence-corrected chi connectivity index (χ0v) is 19.6. The minimum atomic E-state index is -3.42. The van der Waals surface area contributed by atoms with Crippen molar-refractivity contribution in [1.29, 1.82) is 0 Å². The zero-order chi connectivity index (χ0) is 21.2. The van der Waals surface area contributed by atoms with Gasteiger partial charge in [0.2, 0.25) is 0 Å². The Balaban J connectivity index is 3.81. The highest BCUT2D eigenvalue weighted by molar-refractivity contribution is 7.54. The highest BCUT2D eigenvalue weighted by Crippen LogP contribution is 2.62. The summed E-state index contributed by atoms with van der Waals surface area (Å²) in [5.41, 5.74) is 1.96. The van der Waals surface area contributed by atoms with Gasteiger partial charge in [-0.1, -0.05) is 41.5 Å². The SMILES string of the molecule is CCOP(=O)(OCC)C(c1cc(C(C)(C)C)c(O)c(C(C)(C)C)c1)N(C)C. The van der Waals surface area contributed by atoms with Crippen LogP contribution < -0.4 is 0 Å². The van der Waals surface area contributed by atoms with E-state index in [0.717, 1.165) is 16.7 Å². The molecule has 6 heteroatoms. The fraction of sp³-hybridized carbons (Fsp3) is 0.714. The summed E-state index contributed by atoms with van der Waals surface area (Å²) in [6.07, 6.45) is 0. The molecule has 0 heterocycles. The van der Waals surface area contributed by atoms with E-state index in [4.69, 9.17) is 9.05 Å². The first-order valence-corrected chi connectivity index (χ1v) is 11.2. The molecule has 0 spiro atoms. The summed E-state index contributed by atoms with van der Waals surface area (Å²) in [4.78, 5) is 1.87. The number of hydrogen-bond acceptors (Lipinski definition) is 5. The van der Waals surface area contributed by atoms with Gasteiger partial charge in [-0.05, 0) is 67.6 Å². The van der Waals surface area contributed by atoms with Crippen LogP contribution in [0.25, 0.3) is 0 Å². The molecule has 0 aliphatic carbocycles. The Morgan fingerprint density at radius 1 is 0.963 bits per heavy atom. The van der Waals surface area contributed by atoms with Crippen LogP contribution in [0, 0.1) is 0 Å². The second-order valence-corrected chi connectivity index (χ2v) is 11.3. The number of phenolic OH excluding ortho intramolecular Hbond substituents is 1. The molecule has 0 amide bonds. The van der Waals surface area contributed by atoms with E-state index < -0.39 is 13.4 Å². The Morgan fingerprint density at radius 2 is 1.33 bits per heavy atom. The third kappa shape index (κ3) is 5.57. The Morgan fingerprint density at radius 3 is 1.59 bits per heavy atom. The molecule has 0 bridgehead atoms. The minimum absolute atomic E-state index is 0.266. The van der Waals surface area contributed by atoms with Gasteiger partial charge in [0.15, 0.2) is 0 Å². The first kappa shape index (κ1) is 24.2. The number of benzene rings is 1. The van der Waals surface area contributed by atoms with Gasteiger partial charge in [-0.2, -0.15) is 0 Å². The summed E-state index contributed by atoms with van der Waals surface area (Å²) in [5, 5.41) is 11.0. The lowest BCUT2D eigenvalue weighted by Crippen LogP contribution is -2.25. The van der Waals surface area contributed by atoms with Crippen LogP contribution in [-0.2, 0) is 24.4 Å². The number of nitrogens with zero attached hydrogens (tertiary/aromatic N) is 1. The Bertz CT molecular complexity index is 641. The predicted molar refractivity (Wildman–Crippen MR) is 113 cm³/mol. The summed E-state index contributed by atoms with van der Waals surface area (Å²) < 4.78 is 24.9. The van der Waals surface area contributed by atoms with E-state index in [2.05, 4.69) is 41.5 Å². The van der Waals surface area contributed by atoms with Gasteiger partial charge in [0.25, 0.3) is 0 Å². The van der Waals surface area contributed by atoms with Gasteiger partial charge < -0.3 is 14.2 Å². The second-order valence-electron chi connectivity index (χ2n) is 9.18. The van der Waals surface area contributed by atoms with Crippen molar-refractivity contribution in [3.05, 3.63) is 28.8 Å². The molecule has 0 aromatic heterocycles. The van der Waals surface area contributed by atoms with E-state index in [0.29, 0.717) is 19.0 Å². The van der Waals surface area contributed by atoms with E-state index in [1.807, 2.05) is 45.0 Å². The van der Waals surface area contributed by atoms with Gasteiger partial charge in [-0.15, -0.1) is 0 Å². The standard InChI is InChI=1S/C21H38NO4P/c1-11-25-27(24,26-12-2)19(22(9)10)15-13-16(20(3,4)5)18(23)17(14-15)21(6,7)8/h13-14,19,23H,11-12H2,1-10H3. The first-order valence-electron chi connectivity index (χ1n) is 9.62. The van der Waals surface area contributed by atoms with Gasteiger partial charge in [0.05, 0.1) is 13.2 Å². The van der Waals surface area contributed by atoms with Gasteiger partial charge >= 0.3 is 7.60 Å². The molecule has 156 valence electrons. The van der Waals surface area contributed by atoms with Gasteiger partial charge in [0, 0.05) is 0 Å². The molecule has 27 heavy (non-hydrogen) atoms. The lowest BCUT2D eigenvalue weighted by atomic mass is 9.78. The number of aromatic hydroxyl groups is 1. The van der Waals surface area contributed by atoms with Crippen LogP contribution in [0.2, 0.25) is 0 Å². The van der Waals surface area contributed by atoms with E-state index >= 15 is 0 Å². The molecule has 0 saturated heterocycles. The average Bonchev–Trinajstić information content (AvgIpc) is 2.46. The van der Waals surface area contributed by atoms with Crippen molar-refractivity contribution in [2.75, 3.05) is 27.3 Å². The molecular weight excluding hydrogens is 361 g/mol. The normalized spacial score (nSPS) is 14.6. The highest BCUT2D eigenvalue weighted by Gasteiger charge is 2.40. The van der Waals surface area contributed by atoms with E-state index in [1.54, 1.807) is 0 Å². The molecular formula is C21H38NO4P. The molecule has 0 fully saturated rings. The summed E-state index contributed by atoms with van der Waals surface area (Å²) in [7, 11) is 0.319. The smallest absolute Gasteiger partial charge is 0.352 e. The Hall–Kier alpha value is -0.870. The van der Waals surface area contributed by atoms with Crippen molar-refractivity contribution in [3.63, 3.8) is 0 Å². The van der Waals surface area contributed by atoms with Crippen LogP contribution in [0.1, 0.15) is 77.9 Å². The zero-order valence-electron chi connectivity index (χ0n) is 18.7. The molecule has 5 nitrogen and oxygen atoms in total. The second kappa shape index (κ2) is 8.65. The molecule has 1 aromatic carbocycles. The van der Waals surface area contributed by atoms with E-state index in [-0.39, 0.29) is 10.8 Å². The summed E-state index contributed by atoms with van der Waals surface area (Å²) >= 11 is 0. The lowest BCUT2D eigenvalue weighted by Gasteiger charge is -2.34. The third-order valence-corrected chi connectivity index (χ3v) is 7.05. The van der Waals surface area contributed by atoms with Crippen molar-refractivity contribution in [1.82, 2.24) is 4.90 Å². The maximum absolute atomic E-state index is 13.6. The monoisotopic (exact) mass is 399 g/mol. The summed E-state index contributed by atoms with van der Waals surface area (Å²) in [5.74, 6) is -0.251. The molecule has 1 N–H and O–H groups in total. The molecule has 0 radical (unpaired) electrons. The fourth-order valence-electron chi connectivity index (χ4n) is 3.25. The van der Waals surface area contributed by atoms with Crippen molar-refractivity contribution in [2.45, 2.75) is 72.0 Å². The minimum Gasteiger partial charge on any atom is -0.507 e.